The molecular formula is C23H27N3O4. The predicted molar refractivity (Wildman–Crippen MR) is 113 cm³/mol. The highest BCUT2D eigenvalue weighted by Crippen LogP contribution is 2.59. The number of hydrogen-bond acceptors (Lipinski definition) is 6. The number of piperidine rings is 1. The van der Waals surface area contributed by atoms with Crippen LogP contribution in [0.5, 0.6) is 0 Å². The Morgan fingerprint density at radius 1 is 1.20 bits per heavy atom. The second kappa shape index (κ2) is 7.00. The first-order valence-electron chi connectivity index (χ1n) is 10.1. The fourth-order valence-electron chi connectivity index (χ4n) is 4.30. The number of nitrogens with zero attached hydrogens (tertiary/aromatic N) is 2. The number of likely N-dealkylation sites (tertiary alicyclic amines) is 1. The molecule has 1 aromatic heterocycles. The number of anilines is 1. The molecule has 4 rings (SSSR count). The van der Waals surface area contributed by atoms with E-state index in [4.69, 9.17) is 15.2 Å². The van der Waals surface area contributed by atoms with Crippen molar-refractivity contribution in [3.05, 3.63) is 47.7 Å². The molecule has 2 atom stereocenters. The van der Waals surface area contributed by atoms with Gasteiger partial charge in [0.25, 0.3) is 0 Å². The Morgan fingerprint density at radius 2 is 1.90 bits per heavy atom. The highest BCUT2D eigenvalue weighted by Gasteiger charge is 2.62. The number of aromatic nitrogens is 1. The average molecular weight is 409 g/mol. The monoisotopic (exact) mass is 409 g/mol. The molecule has 1 saturated heterocycles. The van der Waals surface area contributed by atoms with E-state index in [0.29, 0.717) is 12.5 Å². The number of benzene rings is 1. The van der Waals surface area contributed by atoms with Crippen LogP contribution in [0.15, 0.2) is 36.5 Å². The Labute approximate surface area is 176 Å². The van der Waals surface area contributed by atoms with Gasteiger partial charge in [0.1, 0.15) is 17.0 Å². The highest BCUT2D eigenvalue weighted by molar-refractivity contribution is 5.95. The van der Waals surface area contributed by atoms with Gasteiger partial charge in [0.2, 0.25) is 0 Å². The lowest BCUT2D eigenvalue weighted by atomic mass is 9.93. The number of carbonyl (C=O) groups is 2. The SMILES string of the molecule is COC(=O)c1cc(-c2ccc([C@]34C[C@@H]3CN(C(=O)OC(C)(C)C)C4)cc2)cnc1N. The maximum absolute atomic E-state index is 12.4. The van der Waals surface area contributed by atoms with Gasteiger partial charge >= 0.3 is 12.1 Å². The van der Waals surface area contributed by atoms with Crippen LogP contribution < -0.4 is 5.73 Å². The first kappa shape index (κ1) is 20.2. The van der Waals surface area contributed by atoms with Crippen LogP contribution >= 0.6 is 0 Å². The molecule has 2 aromatic rings. The molecule has 7 nitrogen and oxygen atoms in total. The standard InChI is InChI=1S/C23H27N3O4/c1-22(2,3)30-21(28)26-12-17-10-23(17,13-26)16-7-5-14(6-8-16)15-9-18(20(27)29-4)19(24)25-11-15/h5-9,11,17H,10,12-13H2,1-4H3,(H2,24,25)/t17-,23-/m1/s1. The molecule has 1 aliphatic heterocycles. The summed E-state index contributed by atoms with van der Waals surface area (Å²) in [7, 11) is 1.32. The molecule has 2 N–H and O–H groups in total. The lowest BCUT2D eigenvalue weighted by Gasteiger charge is -2.26. The summed E-state index contributed by atoms with van der Waals surface area (Å²) in [4.78, 5) is 30.3. The molecule has 0 radical (unpaired) electrons. The maximum Gasteiger partial charge on any atom is 0.410 e. The van der Waals surface area contributed by atoms with Gasteiger partial charge in [-0.05, 0) is 50.3 Å². The van der Waals surface area contributed by atoms with Crippen LogP contribution in [0.3, 0.4) is 0 Å². The molecule has 1 amide bonds. The molecule has 0 unspecified atom stereocenters. The lowest BCUT2D eigenvalue weighted by molar-refractivity contribution is 0.0270. The van der Waals surface area contributed by atoms with E-state index >= 15 is 0 Å². The molecule has 1 saturated carbocycles. The van der Waals surface area contributed by atoms with Gasteiger partial charge in [0.15, 0.2) is 0 Å². The predicted octanol–water partition coefficient (Wildman–Crippen LogP) is 3.63. The number of carbonyl (C=O) groups excluding carboxylic acids is 2. The van der Waals surface area contributed by atoms with E-state index in [0.717, 1.165) is 24.1 Å². The van der Waals surface area contributed by atoms with Gasteiger partial charge in [0, 0.05) is 30.3 Å². The molecule has 2 fully saturated rings. The molecule has 0 spiro atoms. The first-order valence-corrected chi connectivity index (χ1v) is 10.1. The van der Waals surface area contributed by atoms with Gasteiger partial charge in [-0.3, -0.25) is 0 Å². The van der Waals surface area contributed by atoms with Gasteiger partial charge in [-0.25, -0.2) is 14.6 Å². The third kappa shape index (κ3) is 3.60. The van der Waals surface area contributed by atoms with Crippen molar-refractivity contribution in [2.24, 2.45) is 5.92 Å². The van der Waals surface area contributed by atoms with E-state index in [1.54, 1.807) is 12.3 Å². The van der Waals surface area contributed by atoms with Crippen LogP contribution in [0.2, 0.25) is 0 Å². The van der Waals surface area contributed by atoms with Crippen LogP contribution in [0.4, 0.5) is 10.6 Å². The molecule has 7 heteroatoms. The fraction of sp³-hybridized carbons (Fsp3) is 0.435. The molecule has 30 heavy (non-hydrogen) atoms. The largest absolute Gasteiger partial charge is 0.465 e. The van der Waals surface area contributed by atoms with E-state index < -0.39 is 11.6 Å². The summed E-state index contributed by atoms with van der Waals surface area (Å²) >= 11 is 0. The topological polar surface area (TPSA) is 94.8 Å². The number of esters is 1. The van der Waals surface area contributed by atoms with Gasteiger partial charge in [-0.15, -0.1) is 0 Å². The van der Waals surface area contributed by atoms with Crippen LogP contribution in [-0.4, -0.2) is 47.7 Å². The smallest absolute Gasteiger partial charge is 0.410 e. The Kier molecular flexibility index (Phi) is 4.71. The van der Waals surface area contributed by atoms with E-state index in [-0.39, 0.29) is 22.9 Å². The number of fused-ring (bicyclic) bond motifs is 1. The van der Waals surface area contributed by atoms with Gasteiger partial charge in [0.05, 0.1) is 7.11 Å². The highest BCUT2D eigenvalue weighted by atomic mass is 16.6. The molecule has 2 heterocycles. The molecule has 1 aliphatic carbocycles. The Bertz CT molecular complexity index is 996. The van der Waals surface area contributed by atoms with E-state index in [9.17, 15) is 9.59 Å². The minimum absolute atomic E-state index is 0.0198. The van der Waals surface area contributed by atoms with E-state index in [1.165, 1.54) is 12.7 Å². The Hall–Kier alpha value is -3.09. The van der Waals surface area contributed by atoms with Crippen molar-refractivity contribution in [2.45, 2.75) is 38.2 Å². The van der Waals surface area contributed by atoms with Crippen molar-refractivity contribution in [2.75, 3.05) is 25.9 Å². The summed E-state index contributed by atoms with van der Waals surface area (Å²) in [5.41, 5.74) is 8.53. The zero-order valence-corrected chi connectivity index (χ0v) is 17.8. The molecule has 2 aliphatic rings. The van der Waals surface area contributed by atoms with Crippen LogP contribution in [0.25, 0.3) is 11.1 Å². The summed E-state index contributed by atoms with van der Waals surface area (Å²) < 4.78 is 10.3. The average Bonchev–Trinajstić information content (AvgIpc) is 3.27. The van der Waals surface area contributed by atoms with Gasteiger partial charge in [-0.1, -0.05) is 24.3 Å². The van der Waals surface area contributed by atoms with Crippen molar-refractivity contribution >= 4 is 17.9 Å². The van der Waals surface area contributed by atoms with Crippen LogP contribution in [0, 0.1) is 5.92 Å². The zero-order chi connectivity index (χ0) is 21.7. The number of hydrogen-bond donors (Lipinski definition) is 1. The zero-order valence-electron chi connectivity index (χ0n) is 17.8. The number of ether oxygens (including phenoxy) is 2. The third-order valence-electron chi connectivity index (χ3n) is 5.91. The maximum atomic E-state index is 12.4. The second-order valence-electron chi connectivity index (χ2n) is 9.14. The van der Waals surface area contributed by atoms with Crippen molar-refractivity contribution in [3.63, 3.8) is 0 Å². The summed E-state index contributed by atoms with van der Waals surface area (Å²) in [5, 5.41) is 0. The molecular weight excluding hydrogens is 382 g/mol. The first-order chi connectivity index (χ1) is 14.1. The fourth-order valence-corrected chi connectivity index (χ4v) is 4.30. The minimum atomic E-state index is -0.508. The van der Waals surface area contributed by atoms with Gasteiger partial charge < -0.3 is 20.1 Å². The van der Waals surface area contributed by atoms with E-state index in [2.05, 4.69) is 17.1 Å². The van der Waals surface area contributed by atoms with Gasteiger partial charge in [-0.2, -0.15) is 0 Å². The van der Waals surface area contributed by atoms with E-state index in [1.807, 2.05) is 37.8 Å². The van der Waals surface area contributed by atoms with Crippen LogP contribution in [0.1, 0.15) is 43.1 Å². The van der Waals surface area contributed by atoms with Crippen molar-refractivity contribution < 1.29 is 19.1 Å². The van der Waals surface area contributed by atoms with Crippen molar-refractivity contribution in [1.29, 1.82) is 0 Å². The lowest BCUT2D eigenvalue weighted by Crippen LogP contribution is -2.37. The number of nitrogen functional groups attached to an aromatic ring is 1. The number of amides is 1. The van der Waals surface area contributed by atoms with Crippen molar-refractivity contribution in [1.82, 2.24) is 9.88 Å². The Morgan fingerprint density at radius 3 is 2.53 bits per heavy atom. The summed E-state index contributed by atoms with van der Waals surface area (Å²) in [6, 6.07) is 9.93. The molecule has 1 aromatic carbocycles. The molecule has 0 bridgehead atoms. The normalized spacial score (nSPS) is 22.4. The third-order valence-corrected chi connectivity index (χ3v) is 5.91. The van der Waals surface area contributed by atoms with Crippen LogP contribution in [-0.2, 0) is 14.9 Å². The summed E-state index contributed by atoms with van der Waals surface area (Å²) in [6.07, 6.45) is 2.49. The summed E-state index contributed by atoms with van der Waals surface area (Å²) in [6.45, 7) is 7.07. The van der Waals surface area contributed by atoms with Crippen molar-refractivity contribution in [3.8, 4) is 11.1 Å². The second-order valence-corrected chi connectivity index (χ2v) is 9.14. The quantitative estimate of drug-likeness (QED) is 0.778. The number of methoxy groups -OCH3 is 1. The Balaban J connectivity index is 1.52. The number of nitrogens with two attached hydrogens (primary N) is 1. The number of rotatable bonds is 3. The number of pyridine rings is 1. The minimum Gasteiger partial charge on any atom is -0.465 e. The summed E-state index contributed by atoms with van der Waals surface area (Å²) in [5.74, 6) is 0.112. The molecule has 158 valence electrons.